The standard InChI is InChI=1S/C16H15FO2S/c1-10-3-6-15(11(2)7-10)20-9-12-8-13(17)4-5-14(12)16(18)19/h3-8H,9H2,1-2H3,(H,18,19). The SMILES string of the molecule is Cc1ccc(SCc2cc(F)ccc2C(=O)O)c(C)c1. The predicted molar refractivity (Wildman–Crippen MR) is 78.8 cm³/mol. The van der Waals surface area contributed by atoms with Crippen molar-refractivity contribution in [3.8, 4) is 0 Å². The average Bonchev–Trinajstić information content (AvgIpc) is 2.37. The van der Waals surface area contributed by atoms with Crippen LogP contribution in [0.25, 0.3) is 0 Å². The molecule has 0 radical (unpaired) electrons. The lowest BCUT2D eigenvalue weighted by atomic mass is 10.1. The molecular weight excluding hydrogens is 275 g/mol. The molecule has 0 aliphatic rings. The van der Waals surface area contributed by atoms with Gasteiger partial charge in [0.05, 0.1) is 5.56 Å². The van der Waals surface area contributed by atoms with Crippen LogP contribution in [0.15, 0.2) is 41.3 Å². The first-order chi connectivity index (χ1) is 9.47. The minimum Gasteiger partial charge on any atom is -0.478 e. The van der Waals surface area contributed by atoms with Crippen LogP contribution in [-0.2, 0) is 5.75 Å². The maximum Gasteiger partial charge on any atom is 0.335 e. The van der Waals surface area contributed by atoms with E-state index in [2.05, 4.69) is 6.07 Å². The molecule has 2 aromatic carbocycles. The molecule has 0 spiro atoms. The van der Waals surface area contributed by atoms with Crippen molar-refractivity contribution in [3.63, 3.8) is 0 Å². The van der Waals surface area contributed by atoms with Crippen LogP contribution in [0.3, 0.4) is 0 Å². The molecule has 1 N–H and O–H groups in total. The molecule has 0 saturated carbocycles. The van der Waals surface area contributed by atoms with Crippen LogP contribution < -0.4 is 0 Å². The molecule has 0 aromatic heterocycles. The van der Waals surface area contributed by atoms with Gasteiger partial charge in [0.2, 0.25) is 0 Å². The highest BCUT2D eigenvalue weighted by molar-refractivity contribution is 7.98. The van der Waals surface area contributed by atoms with Crippen molar-refractivity contribution in [1.29, 1.82) is 0 Å². The molecule has 20 heavy (non-hydrogen) atoms. The minimum absolute atomic E-state index is 0.156. The van der Waals surface area contributed by atoms with E-state index in [9.17, 15) is 9.18 Å². The minimum atomic E-state index is -1.03. The van der Waals surface area contributed by atoms with E-state index in [4.69, 9.17) is 5.11 Å². The monoisotopic (exact) mass is 290 g/mol. The number of aromatic carboxylic acids is 1. The summed E-state index contributed by atoms with van der Waals surface area (Å²) in [6, 6.07) is 9.88. The lowest BCUT2D eigenvalue weighted by Crippen LogP contribution is -2.02. The van der Waals surface area contributed by atoms with Gasteiger partial charge in [-0.3, -0.25) is 0 Å². The van der Waals surface area contributed by atoms with E-state index in [-0.39, 0.29) is 5.56 Å². The molecule has 2 nitrogen and oxygen atoms in total. The number of carbonyl (C=O) groups is 1. The zero-order valence-corrected chi connectivity index (χ0v) is 12.1. The van der Waals surface area contributed by atoms with Gasteiger partial charge >= 0.3 is 5.97 Å². The predicted octanol–water partition coefficient (Wildman–Crippen LogP) is 4.43. The zero-order valence-electron chi connectivity index (χ0n) is 11.3. The van der Waals surface area contributed by atoms with E-state index in [1.165, 1.54) is 35.5 Å². The van der Waals surface area contributed by atoms with Crippen molar-refractivity contribution < 1.29 is 14.3 Å². The third kappa shape index (κ3) is 3.39. The summed E-state index contributed by atoms with van der Waals surface area (Å²) >= 11 is 1.52. The van der Waals surface area contributed by atoms with Crippen LogP contribution in [0.1, 0.15) is 27.0 Å². The third-order valence-electron chi connectivity index (χ3n) is 3.01. The van der Waals surface area contributed by atoms with E-state index in [1.807, 2.05) is 26.0 Å². The second kappa shape index (κ2) is 6.09. The van der Waals surface area contributed by atoms with Gasteiger partial charge in [-0.2, -0.15) is 0 Å². The summed E-state index contributed by atoms with van der Waals surface area (Å²) < 4.78 is 13.3. The van der Waals surface area contributed by atoms with Gasteiger partial charge in [-0.1, -0.05) is 17.7 Å². The number of benzene rings is 2. The Labute approximate surface area is 121 Å². The van der Waals surface area contributed by atoms with E-state index >= 15 is 0 Å². The largest absolute Gasteiger partial charge is 0.478 e. The lowest BCUT2D eigenvalue weighted by molar-refractivity contribution is 0.0696. The summed E-state index contributed by atoms with van der Waals surface area (Å²) in [4.78, 5) is 12.2. The maximum absolute atomic E-state index is 13.3. The maximum atomic E-state index is 13.3. The number of halogens is 1. The van der Waals surface area contributed by atoms with Crippen molar-refractivity contribution >= 4 is 17.7 Å². The molecule has 4 heteroatoms. The first-order valence-corrected chi connectivity index (χ1v) is 7.17. The van der Waals surface area contributed by atoms with Crippen molar-refractivity contribution in [2.45, 2.75) is 24.5 Å². The Hall–Kier alpha value is -1.81. The van der Waals surface area contributed by atoms with Gasteiger partial charge in [-0.15, -0.1) is 11.8 Å². The molecule has 2 aromatic rings. The first kappa shape index (κ1) is 14.6. The Kier molecular flexibility index (Phi) is 4.45. The fourth-order valence-corrected chi connectivity index (χ4v) is 3.01. The molecule has 0 heterocycles. The van der Waals surface area contributed by atoms with Crippen LogP contribution in [0.4, 0.5) is 4.39 Å². The second-order valence-corrected chi connectivity index (χ2v) is 5.68. The van der Waals surface area contributed by atoms with Crippen LogP contribution in [-0.4, -0.2) is 11.1 Å². The van der Waals surface area contributed by atoms with Crippen LogP contribution in [0, 0.1) is 19.7 Å². The van der Waals surface area contributed by atoms with Gasteiger partial charge in [0.1, 0.15) is 5.82 Å². The molecular formula is C16H15FO2S. The number of rotatable bonds is 4. The highest BCUT2D eigenvalue weighted by atomic mass is 32.2. The zero-order chi connectivity index (χ0) is 14.7. The van der Waals surface area contributed by atoms with Crippen molar-refractivity contribution in [3.05, 3.63) is 64.5 Å². The number of hydrogen-bond donors (Lipinski definition) is 1. The Bertz CT molecular complexity index is 653. The van der Waals surface area contributed by atoms with Gasteiger partial charge < -0.3 is 5.11 Å². The Morgan fingerprint density at radius 2 is 1.95 bits per heavy atom. The summed E-state index contributed by atoms with van der Waals surface area (Å²) in [7, 11) is 0. The Balaban J connectivity index is 2.22. The molecule has 0 atom stereocenters. The van der Waals surface area contributed by atoms with Crippen molar-refractivity contribution in [1.82, 2.24) is 0 Å². The highest BCUT2D eigenvalue weighted by Crippen LogP contribution is 2.28. The smallest absolute Gasteiger partial charge is 0.335 e. The molecule has 0 aliphatic carbocycles. The fraction of sp³-hybridized carbons (Fsp3) is 0.188. The number of carboxylic acid groups (broad SMARTS) is 1. The topological polar surface area (TPSA) is 37.3 Å². The van der Waals surface area contributed by atoms with E-state index in [1.54, 1.807) is 0 Å². The summed E-state index contributed by atoms with van der Waals surface area (Å²) in [5, 5.41) is 9.11. The molecule has 0 fully saturated rings. The molecule has 0 saturated heterocycles. The quantitative estimate of drug-likeness (QED) is 0.846. The molecule has 2 rings (SSSR count). The van der Waals surface area contributed by atoms with E-state index in [0.717, 1.165) is 10.5 Å². The fourth-order valence-electron chi connectivity index (χ4n) is 2.01. The van der Waals surface area contributed by atoms with Crippen molar-refractivity contribution in [2.24, 2.45) is 0 Å². The Morgan fingerprint density at radius 1 is 1.20 bits per heavy atom. The number of aryl methyl sites for hydroxylation is 2. The number of thioether (sulfide) groups is 1. The molecule has 0 bridgehead atoms. The van der Waals surface area contributed by atoms with Gasteiger partial charge in [0.15, 0.2) is 0 Å². The first-order valence-electron chi connectivity index (χ1n) is 6.19. The van der Waals surface area contributed by atoms with Crippen LogP contribution in [0.2, 0.25) is 0 Å². The summed E-state index contributed by atoms with van der Waals surface area (Å²) in [6.45, 7) is 4.04. The van der Waals surface area contributed by atoms with E-state index in [0.29, 0.717) is 11.3 Å². The third-order valence-corrected chi connectivity index (χ3v) is 4.24. The average molecular weight is 290 g/mol. The van der Waals surface area contributed by atoms with Gasteiger partial charge in [0.25, 0.3) is 0 Å². The van der Waals surface area contributed by atoms with E-state index < -0.39 is 11.8 Å². The van der Waals surface area contributed by atoms with Gasteiger partial charge in [-0.05, 0) is 49.2 Å². The van der Waals surface area contributed by atoms with Gasteiger partial charge in [-0.25, -0.2) is 9.18 Å². The lowest BCUT2D eigenvalue weighted by Gasteiger charge is -2.09. The van der Waals surface area contributed by atoms with Crippen molar-refractivity contribution in [2.75, 3.05) is 0 Å². The number of carboxylic acids is 1. The van der Waals surface area contributed by atoms with Crippen LogP contribution in [0.5, 0.6) is 0 Å². The summed E-state index contributed by atoms with van der Waals surface area (Å²) in [6.07, 6.45) is 0. The van der Waals surface area contributed by atoms with Gasteiger partial charge in [0, 0.05) is 10.6 Å². The normalized spacial score (nSPS) is 10.6. The number of hydrogen-bond acceptors (Lipinski definition) is 2. The summed E-state index contributed by atoms with van der Waals surface area (Å²) in [5.74, 6) is -1.00. The Morgan fingerprint density at radius 3 is 2.60 bits per heavy atom. The molecule has 104 valence electrons. The highest BCUT2D eigenvalue weighted by Gasteiger charge is 2.11. The van der Waals surface area contributed by atoms with Crippen LogP contribution >= 0.6 is 11.8 Å². The summed E-state index contributed by atoms with van der Waals surface area (Å²) in [5.41, 5.74) is 2.98. The molecule has 0 unspecified atom stereocenters. The molecule has 0 amide bonds. The molecule has 0 aliphatic heterocycles. The second-order valence-electron chi connectivity index (χ2n) is 4.66.